The third kappa shape index (κ3) is 0.617. The van der Waals surface area contributed by atoms with Crippen LogP contribution >= 0.6 is 9.16 Å². The van der Waals surface area contributed by atoms with Gasteiger partial charge in [-0.1, -0.05) is 25.8 Å². The maximum atomic E-state index is 4.29. The molecule has 1 heteroatoms. The van der Waals surface area contributed by atoms with Crippen molar-refractivity contribution in [2.45, 2.75) is 49.5 Å². The Morgan fingerprint density at radius 3 is 2.36 bits per heavy atom. The van der Waals surface area contributed by atoms with Gasteiger partial charge < -0.3 is 0 Å². The SMILES string of the molecule is C=C[SH]12(CCCC1C)CC[C@]21CC1C. The van der Waals surface area contributed by atoms with Gasteiger partial charge in [-0.25, -0.2) is 0 Å². The van der Waals surface area contributed by atoms with Gasteiger partial charge in [0.25, 0.3) is 0 Å². The third-order valence-electron chi connectivity index (χ3n) is 6.49. The fourth-order valence-electron chi connectivity index (χ4n) is 5.28. The lowest BCUT2D eigenvalue weighted by Gasteiger charge is -2.75. The average molecular weight is 212 g/mol. The first-order chi connectivity index (χ1) is 6.60. The van der Waals surface area contributed by atoms with Crippen LogP contribution in [0.25, 0.3) is 0 Å². The van der Waals surface area contributed by atoms with Crippen molar-refractivity contribution in [1.82, 2.24) is 0 Å². The van der Waals surface area contributed by atoms with E-state index in [4.69, 9.17) is 0 Å². The van der Waals surface area contributed by atoms with E-state index in [0.29, 0.717) is 0 Å². The van der Waals surface area contributed by atoms with E-state index in [1.165, 1.54) is 12.8 Å². The van der Waals surface area contributed by atoms with Gasteiger partial charge in [-0.3, -0.25) is 9.16 Å². The predicted molar refractivity (Wildman–Crippen MR) is 68.7 cm³/mol. The molecule has 2 saturated heterocycles. The van der Waals surface area contributed by atoms with E-state index in [2.05, 4.69) is 25.8 Å². The van der Waals surface area contributed by atoms with Gasteiger partial charge in [0.1, 0.15) is 0 Å². The molecule has 82 valence electrons. The molecule has 2 spiro atoms. The van der Waals surface area contributed by atoms with Crippen LogP contribution in [0.2, 0.25) is 0 Å². The van der Waals surface area contributed by atoms with Crippen molar-refractivity contribution in [3.8, 4) is 0 Å². The maximum Gasteiger partial charge on any atom is -0.00581 e. The highest BCUT2D eigenvalue weighted by atomic mass is 32.3. The van der Waals surface area contributed by atoms with Gasteiger partial charge in [-0.15, -0.1) is 0 Å². The Bertz CT molecular complexity index is 306. The van der Waals surface area contributed by atoms with Crippen molar-refractivity contribution in [3.63, 3.8) is 0 Å². The minimum atomic E-state index is -1.40. The first-order valence-corrected chi connectivity index (χ1v) is 8.99. The first kappa shape index (κ1) is 9.33. The van der Waals surface area contributed by atoms with Crippen LogP contribution in [0.3, 0.4) is 0 Å². The summed E-state index contributed by atoms with van der Waals surface area (Å²) >= 11 is 0. The van der Waals surface area contributed by atoms with Crippen molar-refractivity contribution < 1.29 is 0 Å². The summed E-state index contributed by atoms with van der Waals surface area (Å²) in [7, 11) is -1.40. The van der Waals surface area contributed by atoms with E-state index < -0.39 is 9.16 Å². The molecule has 0 aromatic rings. The third-order valence-corrected chi connectivity index (χ3v) is 15.6. The van der Waals surface area contributed by atoms with Crippen molar-refractivity contribution in [2.75, 3.05) is 11.5 Å². The van der Waals surface area contributed by atoms with Crippen LogP contribution in [0.1, 0.15) is 39.5 Å². The number of thiol groups is 1. The highest BCUT2D eigenvalue weighted by Crippen LogP contribution is 2.98. The van der Waals surface area contributed by atoms with E-state index in [1.807, 2.05) is 0 Å². The molecule has 0 nitrogen and oxygen atoms in total. The van der Waals surface area contributed by atoms with Gasteiger partial charge in [0.05, 0.1) is 0 Å². The molecule has 2 heterocycles. The van der Waals surface area contributed by atoms with Crippen LogP contribution in [0, 0.1) is 5.92 Å². The lowest BCUT2D eigenvalue weighted by molar-refractivity contribution is 0.687. The van der Waals surface area contributed by atoms with Gasteiger partial charge in [0, 0.05) is 0 Å². The molecule has 0 aromatic heterocycles. The molecule has 3 rings (SSSR count). The van der Waals surface area contributed by atoms with Crippen molar-refractivity contribution in [2.24, 2.45) is 5.92 Å². The van der Waals surface area contributed by atoms with Crippen molar-refractivity contribution >= 4 is 9.16 Å². The summed E-state index contributed by atoms with van der Waals surface area (Å²) in [6.45, 7) is 9.32. The van der Waals surface area contributed by atoms with Gasteiger partial charge >= 0.3 is 0 Å². The zero-order chi connectivity index (χ0) is 10.1. The van der Waals surface area contributed by atoms with Crippen molar-refractivity contribution in [3.05, 3.63) is 12.0 Å². The standard InChI is InChI=1S/C13H24S/c1-4-14(8-5-6-12(14)3)9-7-13(14)10-11(13)2/h4,11-12,14H,1,5-10H2,2-3H3/t11?,12?,13-/m1/s1. The highest BCUT2D eigenvalue weighted by molar-refractivity contribution is 8.54. The van der Waals surface area contributed by atoms with Crippen molar-refractivity contribution in [1.29, 1.82) is 0 Å². The van der Waals surface area contributed by atoms with Gasteiger partial charge in [-0.05, 0) is 53.1 Å². The second-order valence-electron chi connectivity index (χ2n) is 6.26. The van der Waals surface area contributed by atoms with E-state index in [0.717, 1.165) is 15.9 Å². The van der Waals surface area contributed by atoms with Gasteiger partial charge in [-0.2, -0.15) is 0 Å². The Hall–Kier alpha value is 0.0900. The summed E-state index contributed by atoms with van der Waals surface area (Å²) in [5.74, 6) is 4.17. The topological polar surface area (TPSA) is 0 Å². The number of rotatable bonds is 1. The summed E-state index contributed by atoms with van der Waals surface area (Å²) < 4.78 is 0.837. The second kappa shape index (κ2) is 2.26. The monoisotopic (exact) mass is 212 g/mol. The fourth-order valence-corrected chi connectivity index (χ4v) is 14.1. The van der Waals surface area contributed by atoms with Crippen LogP contribution in [0.15, 0.2) is 12.0 Å². The summed E-state index contributed by atoms with van der Waals surface area (Å²) in [5, 5.41) is 3.55. The molecule has 0 amide bonds. The largest absolute Gasteiger partial charge is 0.261 e. The number of hydrogen-bond acceptors (Lipinski definition) is 0. The van der Waals surface area contributed by atoms with Gasteiger partial charge in [0.15, 0.2) is 0 Å². The Morgan fingerprint density at radius 1 is 1.36 bits per heavy atom. The molecule has 2 unspecified atom stereocenters. The van der Waals surface area contributed by atoms with E-state index in [-0.39, 0.29) is 0 Å². The van der Waals surface area contributed by atoms with Crippen LogP contribution in [0.5, 0.6) is 0 Å². The number of fused-ring (bicyclic) bond motifs is 1. The molecule has 2 aliphatic heterocycles. The molecule has 0 radical (unpaired) electrons. The second-order valence-corrected chi connectivity index (χ2v) is 12.6. The fraction of sp³-hybridized carbons (Fsp3) is 0.846. The van der Waals surface area contributed by atoms with E-state index in [1.54, 1.807) is 24.3 Å². The zero-order valence-electron chi connectivity index (χ0n) is 9.63. The van der Waals surface area contributed by atoms with Crippen LogP contribution < -0.4 is 0 Å². The van der Waals surface area contributed by atoms with E-state index in [9.17, 15) is 0 Å². The lowest BCUT2D eigenvalue weighted by atomic mass is 10.2. The quantitative estimate of drug-likeness (QED) is 0.631. The smallest absolute Gasteiger partial charge is 0.00581 e. The Labute approximate surface area is 88.4 Å². The molecule has 0 N–H and O–H groups in total. The molecule has 1 aliphatic carbocycles. The highest BCUT2D eigenvalue weighted by Gasteiger charge is 2.75. The first-order valence-electron chi connectivity index (χ1n) is 6.25. The number of hydrogen-bond donors (Lipinski definition) is 1. The molecule has 0 bridgehead atoms. The van der Waals surface area contributed by atoms with E-state index >= 15 is 0 Å². The summed E-state index contributed by atoms with van der Waals surface area (Å²) in [5.41, 5.74) is 0. The summed E-state index contributed by atoms with van der Waals surface area (Å²) in [6.07, 6.45) is 6.08. The molecule has 0 aromatic carbocycles. The Kier molecular flexibility index (Phi) is 1.51. The minimum Gasteiger partial charge on any atom is -0.261 e. The average Bonchev–Trinajstić information content (AvgIpc) is 2.74. The van der Waals surface area contributed by atoms with Crippen LogP contribution in [0.4, 0.5) is 0 Å². The van der Waals surface area contributed by atoms with Crippen LogP contribution in [-0.4, -0.2) is 21.5 Å². The molecule has 1 saturated carbocycles. The normalized spacial score (nSPS) is 54.9. The summed E-state index contributed by atoms with van der Waals surface area (Å²) in [4.78, 5) is 0. The van der Waals surface area contributed by atoms with Gasteiger partial charge in [0.2, 0.25) is 0 Å². The zero-order valence-corrected chi connectivity index (χ0v) is 10.5. The molecule has 14 heavy (non-hydrogen) atoms. The Morgan fingerprint density at radius 2 is 2.07 bits per heavy atom. The molecule has 3 aliphatic rings. The Balaban J connectivity index is 2.11. The molecular formula is C13H24S. The minimum absolute atomic E-state index is 0.837. The predicted octanol–water partition coefficient (Wildman–Crippen LogP) is 3.57. The summed E-state index contributed by atoms with van der Waals surface area (Å²) in [6, 6.07) is 0. The lowest BCUT2D eigenvalue weighted by Crippen LogP contribution is -2.51. The maximum absolute atomic E-state index is 4.29. The molecule has 3 atom stereocenters. The molecule has 3 fully saturated rings. The van der Waals surface area contributed by atoms with Crippen LogP contribution in [-0.2, 0) is 0 Å². The molecular weight excluding hydrogens is 188 g/mol.